The largest absolute Gasteiger partial charge is 0.489 e. The predicted octanol–water partition coefficient (Wildman–Crippen LogP) is 5.87. The number of benzene rings is 2. The Morgan fingerprint density at radius 1 is 1.15 bits per heavy atom. The Bertz CT molecular complexity index is 924. The molecule has 3 nitrogen and oxygen atoms in total. The highest BCUT2D eigenvalue weighted by atomic mass is 35.5. The molecule has 0 spiro atoms. The lowest BCUT2D eigenvalue weighted by atomic mass is 10.2. The van der Waals surface area contributed by atoms with Crippen LogP contribution in [-0.2, 0) is 13.2 Å². The summed E-state index contributed by atoms with van der Waals surface area (Å²) in [6, 6.07) is 14.8. The zero-order chi connectivity index (χ0) is 18.5. The molecule has 3 rings (SSSR count). The van der Waals surface area contributed by atoms with Gasteiger partial charge in [-0.15, -0.1) is 11.3 Å². The first kappa shape index (κ1) is 18.8. The van der Waals surface area contributed by atoms with E-state index in [9.17, 15) is 4.79 Å². The number of ether oxygens (including phenoxy) is 1. The van der Waals surface area contributed by atoms with Crippen LogP contribution in [0.1, 0.15) is 26.4 Å². The van der Waals surface area contributed by atoms with Gasteiger partial charge >= 0.3 is 0 Å². The quantitative estimate of drug-likeness (QED) is 0.556. The van der Waals surface area contributed by atoms with E-state index in [0.717, 1.165) is 22.4 Å². The van der Waals surface area contributed by atoms with Crippen molar-refractivity contribution in [3.63, 3.8) is 0 Å². The van der Waals surface area contributed by atoms with Crippen LogP contribution in [0.3, 0.4) is 0 Å². The van der Waals surface area contributed by atoms with E-state index in [1.54, 1.807) is 6.07 Å². The van der Waals surface area contributed by atoms with E-state index in [2.05, 4.69) is 5.32 Å². The lowest BCUT2D eigenvalue weighted by Gasteiger charge is -2.08. The highest BCUT2D eigenvalue weighted by molar-refractivity contribution is 7.12. The average Bonchev–Trinajstić information content (AvgIpc) is 3.09. The number of thiophene rings is 1. The van der Waals surface area contributed by atoms with Gasteiger partial charge in [-0.1, -0.05) is 41.4 Å². The lowest BCUT2D eigenvalue weighted by molar-refractivity contribution is 0.0955. The molecule has 1 amide bonds. The lowest BCUT2D eigenvalue weighted by Crippen LogP contribution is -2.21. The maximum atomic E-state index is 12.3. The van der Waals surface area contributed by atoms with Crippen LogP contribution < -0.4 is 10.1 Å². The molecule has 0 aliphatic carbocycles. The van der Waals surface area contributed by atoms with E-state index in [1.807, 2.05) is 54.8 Å². The number of carbonyl (C=O) groups excluding carboxylic acids is 1. The van der Waals surface area contributed by atoms with E-state index in [-0.39, 0.29) is 5.91 Å². The molecule has 26 heavy (non-hydrogen) atoms. The minimum Gasteiger partial charge on any atom is -0.489 e. The van der Waals surface area contributed by atoms with Crippen LogP contribution in [0, 0.1) is 6.92 Å². The Labute approximate surface area is 166 Å². The third kappa shape index (κ3) is 4.79. The summed E-state index contributed by atoms with van der Waals surface area (Å²) in [6.07, 6.45) is 0. The number of aryl methyl sites for hydroxylation is 1. The molecule has 0 saturated carbocycles. The van der Waals surface area contributed by atoms with E-state index in [0.29, 0.717) is 28.1 Å². The number of carbonyl (C=O) groups is 1. The minimum absolute atomic E-state index is 0.121. The number of hydrogen-bond acceptors (Lipinski definition) is 3. The van der Waals surface area contributed by atoms with Crippen LogP contribution in [0.15, 0.2) is 53.9 Å². The molecule has 0 radical (unpaired) electrons. The Morgan fingerprint density at radius 3 is 2.73 bits per heavy atom. The van der Waals surface area contributed by atoms with E-state index in [1.165, 1.54) is 11.3 Å². The highest BCUT2D eigenvalue weighted by Crippen LogP contribution is 2.24. The van der Waals surface area contributed by atoms with Gasteiger partial charge < -0.3 is 10.1 Å². The molecule has 6 heteroatoms. The molecule has 134 valence electrons. The Kier molecular flexibility index (Phi) is 6.20. The zero-order valence-electron chi connectivity index (χ0n) is 14.1. The van der Waals surface area contributed by atoms with Gasteiger partial charge in [-0.25, -0.2) is 0 Å². The third-order valence-corrected chi connectivity index (χ3v) is 5.39. The smallest absolute Gasteiger partial charge is 0.261 e. The minimum atomic E-state index is -0.121. The summed E-state index contributed by atoms with van der Waals surface area (Å²) >= 11 is 13.4. The molecule has 1 aromatic heterocycles. The number of hydrogen-bond donors (Lipinski definition) is 1. The molecule has 0 fully saturated rings. The predicted molar refractivity (Wildman–Crippen MR) is 107 cm³/mol. The van der Waals surface area contributed by atoms with Gasteiger partial charge in [0.05, 0.1) is 4.88 Å². The Hall–Kier alpha value is -2.01. The van der Waals surface area contributed by atoms with Crippen molar-refractivity contribution in [2.24, 2.45) is 0 Å². The van der Waals surface area contributed by atoms with Gasteiger partial charge in [-0.05, 0) is 53.8 Å². The Morgan fingerprint density at radius 2 is 1.96 bits per heavy atom. The fraction of sp³-hybridized carbons (Fsp3) is 0.150. The maximum Gasteiger partial charge on any atom is 0.261 e. The summed E-state index contributed by atoms with van der Waals surface area (Å²) in [6.45, 7) is 2.74. The number of amides is 1. The SMILES string of the molecule is Cc1cc(Cl)ccc1OCc1csc(C(=O)NCc2ccccc2Cl)c1. The molecule has 0 unspecified atom stereocenters. The van der Waals surface area contributed by atoms with Crippen LogP contribution in [0.2, 0.25) is 10.0 Å². The van der Waals surface area contributed by atoms with Crippen LogP contribution in [0.4, 0.5) is 0 Å². The van der Waals surface area contributed by atoms with E-state index >= 15 is 0 Å². The van der Waals surface area contributed by atoms with Crippen LogP contribution in [0.5, 0.6) is 5.75 Å². The standard InChI is InChI=1S/C20H17Cl2NO2S/c1-13-8-16(21)6-7-18(13)25-11-14-9-19(26-12-14)20(24)23-10-15-4-2-3-5-17(15)22/h2-9,12H,10-11H2,1H3,(H,23,24). The second kappa shape index (κ2) is 8.58. The molecule has 2 aromatic carbocycles. The van der Waals surface area contributed by atoms with Crippen molar-refractivity contribution in [1.82, 2.24) is 5.32 Å². The van der Waals surface area contributed by atoms with Gasteiger partial charge in [0.1, 0.15) is 12.4 Å². The summed E-state index contributed by atoms with van der Waals surface area (Å²) in [7, 11) is 0. The molecule has 3 aromatic rings. The van der Waals surface area contributed by atoms with Gasteiger partial charge in [0.2, 0.25) is 0 Å². The fourth-order valence-corrected chi connectivity index (χ4v) is 3.65. The van der Waals surface area contributed by atoms with Crippen molar-refractivity contribution in [2.45, 2.75) is 20.1 Å². The molecule has 0 aliphatic heterocycles. The zero-order valence-corrected chi connectivity index (χ0v) is 16.4. The van der Waals surface area contributed by atoms with Crippen LogP contribution in [-0.4, -0.2) is 5.91 Å². The van der Waals surface area contributed by atoms with Crippen molar-refractivity contribution < 1.29 is 9.53 Å². The fourth-order valence-electron chi connectivity index (χ4n) is 2.41. The van der Waals surface area contributed by atoms with E-state index < -0.39 is 0 Å². The second-order valence-corrected chi connectivity index (χ2v) is 7.55. The van der Waals surface area contributed by atoms with Gasteiger partial charge in [0, 0.05) is 22.2 Å². The van der Waals surface area contributed by atoms with Crippen molar-refractivity contribution in [3.05, 3.63) is 85.5 Å². The molecule has 0 bridgehead atoms. The van der Waals surface area contributed by atoms with Crippen molar-refractivity contribution >= 4 is 40.4 Å². The molecule has 1 N–H and O–H groups in total. The first-order valence-corrected chi connectivity index (χ1v) is 9.64. The number of halogens is 2. The molecule has 1 heterocycles. The molecule has 0 saturated heterocycles. The Balaban J connectivity index is 1.57. The summed E-state index contributed by atoms with van der Waals surface area (Å²) in [5.41, 5.74) is 2.82. The monoisotopic (exact) mass is 405 g/mol. The molecule has 0 atom stereocenters. The van der Waals surface area contributed by atoms with Gasteiger partial charge in [0.15, 0.2) is 0 Å². The number of rotatable bonds is 6. The summed E-state index contributed by atoms with van der Waals surface area (Å²) in [5, 5.41) is 6.14. The first-order chi connectivity index (χ1) is 12.5. The summed E-state index contributed by atoms with van der Waals surface area (Å²) in [5.74, 6) is 0.661. The topological polar surface area (TPSA) is 38.3 Å². The van der Waals surface area contributed by atoms with Crippen molar-refractivity contribution in [3.8, 4) is 5.75 Å². The van der Waals surface area contributed by atoms with Gasteiger partial charge in [-0.3, -0.25) is 4.79 Å². The normalized spacial score (nSPS) is 10.6. The third-order valence-electron chi connectivity index (χ3n) is 3.81. The van der Waals surface area contributed by atoms with Crippen molar-refractivity contribution in [1.29, 1.82) is 0 Å². The molecule has 0 aliphatic rings. The first-order valence-electron chi connectivity index (χ1n) is 8.01. The molecular weight excluding hydrogens is 389 g/mol. The van der Waals surface area contributed by atoms with Gasteiger partial charge in [0.25, 0.3) is 5.91 Å². The average molecular weight is 406 g/mol. The van der Waals surface area contributed by atoms with Crippen LogP contribution >= 0.6 is 34.5 Å². The number of nitrogens with one attached hydrogen (secondary N) is 1. The molecular formula is C20H17Cl2NO2S. The van der Waals surface area contributed by atoms with Crippen LogP contribution in [0.25, 0.3) is 0 Å². The highest BCUT2D eigenvalue weighted by Gasteiger charge is 2.10. The summed E-state index contributed by atoms with van der Waals surface area (Å²) in [4.78, 5) is 13.0. The second-order valence-electron chi connectivity index (χ2n) is 5.79. The van der Waals surface area contributed by atoms with Crippen molar-refractivity contribution in [2.75, 3.05) is 0 Å². The van der Waals surface area contributed by atoms with E-state index in [4.69, 9.17) is 27.9 Å². The maximum absolute atomic E-state index is 12.3. The van der Waals surface area contributed by atoms with Gasteiger partial charge in [-0.2, -0.15) is 0 Å². The summed E-state index contributed by atoms with van der Waals surface area (Å²) < 4.78 is 5.81.